The van der Waals surface area contributed by atoms with Gasteiger partial charge < -0.3 is 20.1 Å². The first-order valence-corrected chi connectivity index (χ1v) is 6.61. The lowest BCUT2D eigenvalue weighted by molar-refractivity contribution is 0.00813. The lowest BCUT2D eigenvalue weighted by atomic mass is 9.96. The first-order valence-electron chi connectivity index (χ1n) is 6.61. The Labute approximate surface area is 118 Å². The van der Waals surface area contributed by atoms with E-state index in [0.29, 0.717) is 12.3 Å². The van der Waals surface area contributed by atoms with Crippen molar-refractivity contribution in [3.8, 4) is 5.75 Å². The van der Waals surface area contributed by atoms with Crippen LogP contribution >= 0.6 is 0 Å². The van der Waals surface area contributed by atoms with Gasteiger partial charge in [-0.1, -0.05) is 19.9 Å². The molecule has 1 aromatic rings. The Kier molecular flexibility index (Phi) is 5.98. The number of methoxy groups -OCH3 is 1. The first kappa shape index (κ1) is 16.5. The minimum absolute atomic E-state index is 0.0773. The maximum Gasteiger partial charge on any atom is 0.339 e. The van der Waals surface area contributed by atoms with Crippen molar-refractivity contribution in [3.05, 3.63) is 29.3 Å². The highest BCUT2D eigenvalue weighted by Crippen LogP contribution is 2.22. The number of aliphatic hydroxyl groups excluding tert-OH is 2. The van der Waals surface area contributed by atoms with E-state index in [1.54, 1.807) is 12.1 Å². The molecule has 0 bridgehead atoms. The van der Waals surface area contributed by atoms with Gasteiger partial charge in [0, 0.05) is 6.42 Å². The van der Waals surface area contributed by atoms with Crippen LogP contribution in [0.15, 0.2) is 18.2 Å². The molecule has 1 rings (SSSR count). The number of carboxylic acid groups (broad SMARTS) is 1. The van der Waals surface area contributed by atoms with Gasteiger partial charge in [0.1, 0.15) is 11.3 Å². The van der Waals surface area contributed by atoms with E-state index in [0.717, 1.165) is 5.56 Å². The number of carboxylic acids is 1. The normalized spacial score (nSPS) is 14.1. The van der Waals surface area contributed by atoms with Crippen molar-refractivity contribution < 1.29 is 24.9 Å². The summed E-state index contributed by atoms with van der Waals surface area (Å²) in [6.07, 6.45) is -0.895. The van der Waals surface area contributed by atoms with E-state index in [1.807, 2.05) is 13.8 Å². The van der Waals surface area contributed by atoms with Crippen LogP contribution in [0.25, 0.3) is 0 Å². The van der Waals surface area contributed by atoms with Crippen molar-refractivity contribution in [2.75, 3.05) is 7.11 Å². The van der Waals surface area contributed by atoms with E-state index < -0.39 is 18.2 Å². The summed E-state index contributed by atoms with van der Waals surface area (Å²) in [7, 11) is 1.40. The maximum absolute atomic E-state index is 11.0. The molecule has 5 heteroatoms. The minimum atomic E-state index is -1.06. The minimum Gasteiger partial charge on any atom is -0.496 e. The maximum atomic E-state index is 11.0. The fourth-order valence-corrected chi connectivity index (χ4v) is 2.06. The Hall–Kier alpha value is -1.59. The number of ether oxygens (including phenoxy) is 1. The summed E-state index contributed by atoms with van der Waals surface area (Å²) in [6, 6.07) is 4.64. The van der Waals surface area contributed by atoms with Gasteiger partial charge in [-0.3, -0.25) is 0 Å². The zero-order valence-electron chi connectivity index (χ0n) is 12.0. The summed E-state index contributed by atoms with van der Waals surface area (Å²) in [6.45, 7) is 3.95. The van der Waals surface area contributed by atoms with Gasteiger partial charge in [0.2, 0.25) is 0 Å². The number of rotatable bonds is 7. The second-order valence-corrected chi connectivity index (χ2v) is 5.31. The van der Waals surface area contributed by atoms with E-state index in [4.69, 9.17) is 9.84 Å². The molecule has 1 aromatic carbocycles. The van der Waals surface area contributed by atoms with Crippen molar-refractivity contribution in [1.29, 1.82) is 0 Å². The molecule has 0 aliphatic carbocycles. The van der Waals surface area contributed by atoms with Crippen molar-refractivity contribution in [1.82, 2.24) is 0 Å². The molecule has 5 nitrogen and oxygen atoms in total. The van der Waals surface area contributed by atoms with E-state index in [-0.39, 0.29) is 17.7 Å². The predicted octanol–water partition coefficient (Wildman–Crippen LogP) is 1.70. The van der Waals surface area contributed by atoms with Crippen LogP contribution < -0.4 is 4.74 Å². The Morgan fingerprint density at radius 3 is 2.40 bits per heavy atom. The molecule has 2 atom stereocenters. The van der Waals surface area contributed by atoms with Crippen molar-refractivity contribution in [2.45, 2.75) is 38.9 Å². The van der Waals surface area contributed by atoms with E-state index >= 15 is 0 Å². The third kappa shape index (κ3) is 4.51. The summed E-state index contributed by atoms with van der Waals surface area (Å²) in [5, 5.41) is 28.8. The second kappa shape index (κ2) is 7.26. The molecule has 112 valence electrons. The highest BCUT2D eigenvalue weighted by molar-refractivity contribution is 5.90. The van der Waals surface area contributed by atoms with Crippen molar-refractivity contribution in [3.63, 3.8) is 0 Å². The van der Waals surface area contributed by atoms with Gasteiger partial charge >= 0.3 is 5.97 Å². The average molecular weight is 282 g/mol. The van der Waals surface area contributed by atoms with Crippen LogP contribution in [0.1, 0.15) is 36.2 Å². The third-order valence-electron chi connectivity index (χ3n) is 3.10. The van der Waals surface area contributed by atoms with E-state index in [2.05, 4.69) is 0 Å². The zero-order chi connectivity index (χ0) is 15.3. The third-order valence-corrected chi connectivity index (χ3v) is 3.10. The van der Waals surface area contributed by atoms with Gasteiger partial charge in [0.05, 0.1) is 19.3 Å². The smallest absolute Gasteiger partial charge is 0.339 e. The Morgan fingerprint density at radius 1 is 1.25 bits per heavy atom. The summed E-state index contributed by atoms with van der Waals surface area (Å²) >= 11 is 0. The predicted molar refractivity (Wildman–Crippen MR) is 75.1 cm³/mol. The number of carbonyl (C=O) groups is 1. The SMILES string of the molecule is COc1cc(C[C@H](O)[C@H](O)CC(C)C)ccc1C(=O)O. The molecule has 0 aromatic heterocycles. The van der Waals surface area contributed by atoms with Gasteiger partial charge in [-0.15, -0.1) is 0 Å². The van der Waals surface area contributed by atoms with Crippen LogP contribution in [0.2, 0.25) is 0 Å². The number of aliphatic hydroxyl groups is 2. The fraction of sp³-hybridized carbons (Fsp3) is 0.533. The van der Waals surface area contributed by atoms with Crippen LogP contribution in [0, 0.1) is 5.92 Å². The Balaban J connectivity index is 2.80. The molecule has 0 saturated carbocycles. The molecule has 0 fully saturated rings. The summed E-state index contributed by atoms with van der Waals surface area (Å²) in [4.78, 5) is 11.0. The van der Waals surface area contributed by atoms with Crippen molar-refractivity contribution >= 4 is 5.97 Å². The van der Waals surface area contributed by atoms with Gasteiger partial charge in [0.25, 0.3) is 0 Å². The van der Waals surface area contributed by atoms with E-state index in [9.17, 15) is 15.0 Å². The molecule has 0 aliphatic rings. The molecular formula is C15H22O5. The summed E-state index contributed by atoms with van der Waals surface area (Å²) in [5.74, 6) is -0.516. The molecule has 0 amide bonds. The number of aromatic carboxylic acids is 1. The number of hydrogen-bond donors (Lipinski definition) is 3. The molecule has 0 heterocycles. The molecule has 20 heavy (non-hydrogen) atoms. The quantitative estimate of drug-likeness (QED) is 0.708. The van der Waals surface area contributed by atoms with Crippen LogP contribution in [-0.2, 0) is 6.42 Å². The lowest BCUT2D eigenvalue weighted by Crippen LogP contribution is -2.29. The van der Waals surface area contributed by atoms with Crippen molar-refractivity contribution in [2.24, 2.45) is 5.92 Å². The molecule has 3 N–H and O–H groups in total. The molecule has 0 unspecified atom stereocenters. The molecule has 0 spiro atoms. The highest BCUT2D eigenvalue weighted by Gasteiger charge is 2.19. The Bertz CT molecular complexity index is 456. The van der Waals surface area contributed by atoms with Gasteiger partial charge in [-0.25, -0.2) is 4.79 Å². The van der Waals surface area contributed by atoms with Gasteiger partial charge in [0.15, 0.2) is 0 Å². The van der Waals surface area contributed by atoms with Gasteiger partial charge in [-0.05, 0) is 30.0 Å². The zero-order valence-corrected chi connectivity index (χ0v) is 12.0. The van der Waals surface area contributed by atoms with Crippen LogP contribution in [0.3, 0.4) is 0 Å². The van der Waals surface area contributed by atoms with Crippen LogP contribution in [-0.4, -0.2) is 40.6 Å². The van der Waals surface area contributed by atoms with Crippen LogP contribution in [0.5, 0.6) is 5.75 Å². The Morgan fingerprint density at radius 2 is 1.90 bits per heavy atom. The molecule has 0 radical (unpaired) electrons. The summed E-state index contributed by atoms with van der Waals surface area (Å²) in [5.41, 5.74) is 0.802. The molecule has 0 aliphatic heterocycles. The topological polar surface area (TPSA) is 87.0 Å². The van der Waals surface area contributed by atoms with E-state index in [1.165, 1.54) is 13.2 Å². The number of benzene rings is 1. The monoisotopic (exact) mass is 282 g/mol. The highest BCUT2D eigenvalue weighted by atomic mass is 16.5. The largest absolute Gasteiger partial charge is 0.496 e. The standard InChI is InChI=1S/C15H22O5/c1-9(2)6-12(16)13(17)7-10-4-5-11(15(18)19)14(8-10)20-3/h4-5,8-9,12-13,16-17H,6-7H2,1-3H3,(H,18,19)/t12-,13+/m1/s1. The molecular weight excluding hydrogens is 260 g/mol. The lowest BCUT2D eigenvalue weighted by Gasteiger charge is -2.20. The first-order chi connectivity index (χ1) is 9.35. The fourth-order valence-electron chi connectivity index (χ4n) is 2.06. The number of hydrogen-bond acceptors (Lipinski definition) is 4. The second-order valence-electron chi connectivity index (χ2n) is 5.31. The summed E-state index contributed by atoms with van der Waals surface area (Å²) < 4.78 is 5.03. The van der Waals surface area contributed by atoms with Crippen LogP contribution in [0.4, 0.5) is 0 Å². The molecule has 0 saturated heterocycles. The van der Waals surface area contributed by atoms with Gasteiger partial charge in [-0.2, -0.15) is 0 Å². The average Bonchev–Trinajstić information content (AvgIpc) is 2.37.